The molecule has 0 aliphatic rings. The van der Waals surface area contributed by atoms with Gasteiger partial charge >= 0.3 is 0 Å². The van der Waals surface area contributed by atoms with Crippen LogP contribution in [0.1, 0.15) is 5.69 Å². The molecule has 1 rings (SSSR count). The highest BCUT2D eigenvalue weighted by Gasteiger charge is 2.08. The lowest BCUT2D eigenvalue weighted by Gasteiger charge is -2.18. The maximum absolute atomic E-state index is 10.3. The fourth-order valence-electron chi connectivity index (χ4n) is 1.10. The number of nitro groups is 1. The second kappa shape index (κ2) is 5.30. The molecule has 0 aliphatic heterocycles. The molecule has 1 heterocycles. The van der Waals surface area contributed by atoms with Crippen LogP contribution in [0.5, 0.6) is 0 Å². The van der Waals surface area contributed by atoms with Crippen LogP contribution in [0.25, 0.3) is 0 Å². The van der Waals surface area contributed by atoms with Crippen molar-refractivity contribution in [3.63, 3.8) is 0 Å². The van der Waals surface area contributed by atoms with Gasteiger partial charge in [-0.3, -0.25) is 10.1 Å². The third-order valence-electron chi connectivity index (χ3n) is 1.78. The number of hydrogen-bond donors (Lipinski definition) is 1. The van der Waals surface area contributed by atoms with E-state index in [-0.39, 0.29) is 0 Å². The van der Waals surface area contributed by atoms with Crippen LogP contribution >= 0.6 is 11.3 Å². The summed E-state index contributed by atoms with van der Waals surface area (Å²) < 4.78 is 0. The van der Waals surface area contributed by atoms with E-state index in [2.05, 4.69) is 10.3 Å². The molecule has 0 unspecified atom stereocenters. The molecule has 0 fully saturated rings. The van der Waals surface area contributed by atoms with Crippen LogP contribution in [0.15, 0.2) is 22.9 Å². The molecule has 1 aromatic rings. The largest absolute Gasteiger partial charge is 0.370 e. The molecule has 1 N–H and O–H groups in total. The van der Waals surface area contributed by atoms with Gasteiger partial charge in [0.05, 0.1) is 22.7 Å². The number of hydrogen-bond acceptors (Lipinski definition) is 6. The molecule has 0 saturated carbocycles. The highest BCUT2D eigenvalue weighted by molar-refractivity contribution is 7.07. The maximum Gasteiger partial charge on any atom is 0.274 e. The summed E-state index contributed by atoms with van der Waals surface area (Å²) in [6, 6.07) is 0. The molecule has 0 bridgehead atoms. The first-order chi connectivity index (χ1) is 7.13. The third-order valence-corrected chi connectivity index (χ3v) is 2.41. The van der Waals surface area contributed by atoms with Crippen LogP contribution in [0.4, 0.5) is 0 Å². The first-order valence-electron chi connectivity index (χ1n) is 4.24. The minimum atomic E-state index is -0.483. The quantitative estimate of drug-likeness (QED) is 0.598. The van der Waals surface area contributed by atoms with Crippen LogP contribution in [0.3, 0.4) is 0 Å². The van der Waals surface area contributed by atoms with Crippen molar-refractivity contribution in [2.45, 2.75) is 6.54 Å². The molecule has 0 aromatic carbocycles. The standard InChI is InChI=1S/C8H12N4O2S/c1-9-8(4-12(13)14)11(2)3-7-5-15-6-10-7/h4-6,9H,3H2,1-2H3/b8-4+. The van der Waals surface area contributed by atoms with Crippen molar-refractivity contribution in [1.29, 1.82) is 0 Å². The van der Waals surface area contributed by atoms with Gasteiger partial charge in [-0.15, -0.1) is 11.3 Å². The van der Waals surface area contributed by atoms with Crippen molar-refractivity contribution in [3.8, 4) is 0 Å². The highest BCUT2D eigenvalue weighted by atomic mass is 32.1. The van der Waals surface area contributed by atoms with Crippen LogP contribution < -0.4 is 5.32 Å². The lowest BCUT2D eigenvalue weighted by atomic mass is 10.4. The summed E-state index contributed by atoms with van der Waals surface area (Å²) in [5.41, 5.74) is 2.63. The molecule has 0 amide bonds. The van der Waals surface area contributed by atoms with Crippen molar-refractivity contribution >= 4 is 11.3 Å². The van der Waals surface area contributed by atoms with E-state index in [1.165, 1.54) is 11.3 Å². The Bertz CT molecular complexity index is 350. The van der Waals surface area contributed by atoms with Gasteiger partial charge in [-0.2, -0.15) is 0 Å². The molecule has 0 radical (unpaired) electrons. The molecule has 1 aromatic heterocycles. The molecule has 15 heavy (non-hydrogen) atoms. The van der Waals surface area contributed by atoms with Gasteiger partial charge in [0, 0.05) is 19.5 Å². The van der Waals surface area contributed by atoms with Crippen molar-refractivity contribution in [3.05, 3.63) is 38.7 Å². The Hall–Kier alpha value is -1.63. The molecule has 0 aliphatic carbocycles. The Balaban J connectivity index is 2.66. The lowest BCUT2D eigenvalue weighted by molar-refractivity contribution is -0.404. The predicted octanol–water partition coefficient (Wildman–Crippen LogP) is 0.870. The monoisotopic (exact) mass is 228 g/mol. The van der Waals surface area contributed by atoms with Crippen molar-refractivity contribution in [2.75, 3.05) is 14.1 Å². The fourth-order valence-corrected chi connectivity index (χ4v) is 1.65. The normalized spacial score (nSPS) is 11.2. The van der Waals surface area contributed by atoms with Crippen LogP contribution in [-0.4, -0.2) is 28.9 Å². The molecular weight excluding hydrogens is 216 g/mol. The van der Waals surface area contributed by atoms with Gasteiger partial charge in [0.1, 0.15) is 0 Å². The van der Waals surface area contributed by atoms with E-state index >= 15 is 0 Å². The van der Waals surface area contributed by atoms with Crippen molar-refractivity contribution in [1.82, 2.24) is 15.2 Å². The molecule has 0 saturated heterocycles. The van der Waals surface area contributed by atoms with Crippen molar-refractivity contribution in [2.24, 2.45) is 0 Å². The topological polar surface area (TPSA) is 71.3 Å². The van der Waals surface area contributed by atoms with Gasteiger partial charge in [-0.25, -0.2) is 4.98 Å². The summed E-state index contributed by atoms with van der Waals surface area (Å²) in [7, 11) is 3.41. The van der Waals surface area contributed by atoms with Crippen molar-refractivity contribution < 1.29 is 4.92 Å². The Morgan fingerprint density at radius 3 is 3.07 bits per heavy atom. The zero-order valence-corrected chi connectivity index (χ0v) is 9.32. The zero-order valence-electron chi connectivity index (χ0n) is 8.51. The fraction of sp³-hybridized carbons (Fsp3) is 0.375. The minimum Gasteiger partial charge on any atom is -0.370 e. The minimum absolute atomic E-state index is 0.452. The average Bonchev–Trinajstić information content (AvgIpc) is 2.66. The number of nitrogens with one attached hydrogen (secondary N) is 1. The van der Waals surface area contributed by atoms with Crippen LogP contribution in [0.2, 0.25) is 0 Å². The number of thiazole rings is 1. The lowest BCUT2D eigenvalue weighted by Crippen LogP contribution is -2.26. The summed E-state index contributed by atoms with van der Waals surface area (Å²) in [6.45, 7) is 0.546. The SMILES string of the molecule is CN/C(=C\[N+](=O)[O-])N(C)Cc1cscn1. The summed E-state index contributed by atoms with van der Waals surface area (Å²) in [5, 5.41) is 15.0. The van der Waals surface area contributed by atoms with E-state index in [0.29, 0.717) is 12.4 Å². The predicted molar refractivity (Wildman–Crippen MR) is 57.7 cm³/mol. The Morgan fingerprint density at radius 2 is 2.60 bits per heavy atom. The zero-order chi connectivity index (χ0) is 11.3. The van der Waals surface area contributed by atoms with Gasteiger partial charge in [-0.1, -0.05) is 0 Å². The Kier molecular flexibility index (Phi) is 4.04. The van der Waals surface area contributed by atoms with E-state index < -0.39 is 4.92 Å². The van der Waals surface area contributed by atoms with Gasteiger partial charge < -0.3 is 10.2 Å². The molecule has 7 heteroatoms. The third kappa shape index (κ3) is 3.55. The van der Waals surface area contributed by atoms with E-state index in [1.807, 2.05) is 5.38 Å². The second-order valence-electron chi connectivity index (χ2n) is 2.89. The summed E-state index contributed by atoms with van der Waals surface area (Å²) in [6.07, 6.45) is 0.937. The molecule has 0 atom stereocenters. The maximum atomic E-state index is 10.3. The van der Waals surface area contributed by atoms with Gasteiger partial charge in [0.15, 0.2) is 5.82 Å². The molecular formula is C8H12N4O2S. The Labute approximate surface area is 91.4 Å². The van der Waals surface area contributed by atoms with Crippen LogP contribution in [-0.2, 0) is 6.54 Å². The highest BCUT2D eigenvalue weighted by Crippen LogP contribution is 2.07. The average molecular weight is 228 g/mol. The molecule has 0 spiro atoms. The van der Waals surface area contributed by atoms with E-state index in [9.17, 15) is 10.1 Å². The number of aromatic nitrogens is 1. The molecule has 6 nitrogen and oxygen atoms in total. The summed E-state index contributed by atoms with van der Waals surface area (Å²) in [5.74, 6) is 0.452. The first kappa shape index (κ1) is 11.4. The van der Waals surface area contributed by atoms with E-state index in [1.54, 1.807) is 24.5 Å². The van der Waals surface area contributed by atoms with Gasteiger partial charge in [0.25, 0.3) is 6.20 Å². The molecule has 82 valence electrons. The summed E-state index contributed by atoms with van der Waals surface area (Å²) in [4.78, 5) is 15.7. The second-order valence-corrected chi connectivity index (χ2v) is 3.60. The van der Waals surface area contributed by atoms with Crippen LogP contribution in [0, 0.1) is 10.1 Å². The summed E-state index contributed by atoms with van der Waals surface area (Å²) >= 11 is 1.50. The Morgan fingerprint density at radius 1 is 1.87 bits per heavy atom. The van der Waals surface area contributed by atoms with Gasteiger partial charge in [0.2, 0.25) is 0 Å². The van der Waals surface area contributed by atoms with Gasteiger partial charge in [-0.05, 0) is 0 Å². The first-order valence-corrected chi connectivity index (χ1v) is 5.19. The number of nitrogens with zero attached hydrogens (tertiary/aromatic N) is 3. The van der Waals surface area contributed by atoms with E-state index in [4.69, 9.17) is 0 Å². The smallest absolute Gasteiger partial charge is 0.274 e. The number of rotatable bonds is 5. The van der Waals surface area contributed by atoms with E-state index in [0.717, 1.165) is 11.9 Å².